The molecule has 0 spiro atoms. The van der Waals surface area contributed by atoms with Crippen molar-refractivity contribution in [1.29, 1.82) is 0 Å². The Hall–Kier alpha value is -1.36. The van der Waals surface area contributed by atoms with E-state index in [1.165, 1.54) is 27.1 Å². The van der Waals surface area contributed by atoms with Crippen LogP contribution in [-0.2, 0) is 10.2 Å². The Labute approximate surface area is 118 Å². The summed E-state index contributed by atoms with van der Waals surface area (Å²) in [5.74, 6) is 0. The number of hydroxylamine groups is 1. The third-order valence-corrected chi connectivity index (χ3v) is 3.93. The van der Waals surface area contributed by atoms with Crippen molar-refractivity contribution in [2.75, 3.05) is 14.1 Å². The Morgan fingerprint density at radius 2 is 2.10 bits per heavy atom. The van der Waals surface area contributed by atoms with E-state index in [9.17, 15) is 18.5 Å². The van der Waals surface area contributed by atoms with Crippen LogP contribution in [0.5, 0.6) is 0 Å². The Balaban J connectivity index is 5.20. The van der Waals surface area contributed by atoms with Crippen LogP contribution in [0.1, 0.15) is 20.3 Å². The van der Waals surface area contributed by atoms with Crippen molar-refractivity contribution in [2.45, 2.75) is 32.4 Å². The van der Waals surface area contributed by atoms with E-state index >= 15 is 0 Å². The minimum absolute atomic E-state index is 0.397. The van der Waals surface area contributed by atoms with Gasteiger partial charge in [0.25, 0.3) is 0 Å². The average Bonchev–Trinajstić information content (AvgIpc) is 2.38. The first-order valence-electron chi connectivity index (χ1n) is 5.87. The van der Waals surface area contributed by atoms with Gasteiger partial charge in [0.05, 0.1) is 6.04 Å². The normalized spacial score (nSPS) is 16.6. The molecule has 0 bridgehead atoms. The largest absolute Gasteiger partial charge is 0.321 e. The van der Waals surface area contributed by atoms with Crippen LogP contribution >= 0.6 is 0 Å². The van der Waals surface area contributed by atoms with Gasteiger partial charge in [0.2, 0.25) is 6.04 Å². The first kappa shape index (κ1) is 18.6. The molecule has 9 nitrogen and oxygen atoms in total. The summed E-state index contributed by atoms with van der Waals surface area (Å²) in [5.41, 5.74) is 2.29. The molecule has 10 heteroatoms. The highest BCUT2D eigenvalue weighted by molar-refractivity contribution is 7.87. The molecular formula is C10H20N4O5S. The molecule has 0 aromatic carbocycles. The van der Waals surface area contributed by atoms with Gasteiger partial charge in [-0.15, -0.1) is 0 Å². The van der Waals surface area contributed by atoms with E-state index in [0.717, 1.165) is 10.5 Å². The van der Waals surface area contributed by atoms with Gasteiger partial charge in [0.1, 0.15) is 0 Å². The van der Waals surface area contributed by atoms with Crippen molar-refractivity contribution in [3.05, 3.63) is 21.8 Å². The molecule has 20 heavy (non-hydrogen) atoms. The highest BCUT2D eigenvalue weighted by Gasteiger charge is 2.19. The molecule has 116 valence electrons. The van der Waals surface area contributed by atoms with Crippen LogP contribution in [-0.4, -0.2) is 55.2 Å². The van der Waals surface area contributed by atoms with Crippen molar-refractivity contribution < 1.29 is 18.5 Å². The fourth-order valence-corrected chi connectivity index (χ4v) is 1.74. The maximum absolute atomic E-state index is 11.4. The van der Waals surface area contributed by atoms with Crippen LogP contribution in [0.4, 0.5) is 0 Å². The number of nitro groups is 1. The number of rotatable bonds is 8. The Bertz CT molecular complexity index is 486. The van der Waals surface area contributed by atoms with E-state index in [1.54, 1.807) is 6.92 Å². The molecule has 0 aromatic rings. The zero-order chi connectivity index (χ0) is 15.9. The quantitative estimate of drug-likeness (QED) is 0.286. The van der Waals surface area contributed by atoms with Gasteiger partial charge >= 0.3 is 10.2 Å². The van der Waals surface area contributed by atoms with Crippen molar-refractivity contribution in [1.82, 2.24) is 9.79 Å². The second-order valence-corrected chi connectivity index (χ2v) is 6.06. The molecule has 0 aromatic heterocycles. The Morgan fingerprint density at radius 1 is 1.55 bits per heavy atom. The minimum Gasteiger partial charge on any atom is -0.316 e. The lowest BCUT2D eigenvalue weighted by atomic mass is 10.0. The number of hydrogen-bond acceptors (Lipinski definition) is 6. The fraction of sp³-hybridized carbons (Fsp3) is 0.700. The SMILES string of the molecule is CCC(=CC(C=NS(=O)(=O)N(C)C)NO)C(C)[N+](=O)[O-]. The molecule has 0 radical (unpaired) electrons. The van der Waals surface area contributed by atoms with Crippen molar-refractivity contribution in [2.24, 2.45) is 4.40 Å². The van der Waals surface area contributed by atoms with Crippen LogP contribution < -0.4 is 5.48 Å². The fourth-order valence-electron chi connectivity index (χ4n) is 1.27. The van der Waals surface area contributed by atoms with Crippen LogP contribution in [0.2, 0.25) is 0 Å². The van der Waals surface area contributed by atoms with Crippen LogP contribution in [0.25, 0.3) is 0 Å². The number of nitrogens with one attached hydrogen (secondary N) is 1. The second kappa shape index (κ2) is 8.04. The second-order valence-electron chi connectivity index (χ2n) is 4.23. The van der Waals surface area contributed by atoms with Crippen molar-refractivity contribution in [3.8, 4) is 0 Å². The van der Waals surface area contributed by atoms with Gasteiger partial charge in [0.15, 0.2) is 0 Å². The molecule has 0 aliphatic rings. The van der Waals surface area contributed by atoms with Gasteiger partial charge in [0, 0.05) is 37.7 Å². The van der Waals surface area contributed by atoms with Gasteiger partial charge < -0.3 is 5.21 Å². The van der Waals surface area contributed by atoms with E-state index in [4.69, 9.17) is 5.21 Å². The summed E-state index contributed by atoms with van der Waals surface area (Å²) in [6.45, 7) is 3.14. The first-order valence-corrected chi connectivity index (χ1v) is 7.27. The molecule has 0 saturated heterocycles. The predicted octanol–water partition coefficient (Wildman–Crippen LogP) is 0.213. The van der Waals surface area contributed by atoms with E-state index in [0.29, 0.717) is 12.0 Å². The number of nitrogens with zero attached hydrogens (tertiary/aromatic N) is 3. The smallest absolute Gasteiger partial charge is 0.316 e. The molecule has 2 unspecified atom stereocenters. The lowest BCUT2D eigenvalue weighted by Gasteiger charge is -2.11. The summed E-state index contributed by atoms with van der Waals surface area (Å²) in [5, 5.41) is 19.7. The van der Waals surface area contributed by atoms with Gasteiger partial charge in [-0.2, -0.15) is 22.6 Å². The molecule has 0 aliphatic carbocycles. The topological polar surface area (TPSA) is 125 Å². The lowest BCUT2D eigenvalue weighted by molar-refractivity contribution is -0.508. The van der Waals surface area contributed by atoms with E-state index < -0.39 is 27.2 Å². The highest BCUT2D eigenvalue weighted by Crippen LogP contribution is 2.11. The van der Waals surface area contributed by atoms with Crippen molar-refractivity contribution in [3.63, 3.8) is 0 Å². The van der Waals surface area contributed by atoms with Gasteiger partial charge in [-0.3, -0.25) is 10.1 Å². The molecule has 0 amide bonds. The van der Waals surface area contributed by atoms with Crippen molar-refractivity contribution >= 4 is 16.4 Å². The average molecular weight is 308 g/mol. The predicted molar refractivity (Wildman–Crippen MR) is 74.6 cm³/mol. The summed E-state index contributed by atoms with van der Waals surface area (Å²) in [7, 11) is -1.16. The molecule has 0 aliphatic heterocycles. The molecule has 0 rings (SSSR count). The summed E-state index contributed by atoms with van der Waals surface area (Å²) >= 11 is 0. The maximum Gasteiger partial charge on any atom is 0.321 e. The van der Waals surface area contributed by atoms with Crippen LogP contribution in [0.15, 0.2) is 16.0 Å². The van der Waals surface area contributed by atoms with E-state index in [2.05, 4.69) is 4.40 Å². The summed E-state index contributed by atoms with van der Waals surface area (Å²) in [4.78, 5) is 10.3. The van der Waals surface area contributed by atoms with E-state index in [1.807, 2.05) is 5.48 Å². The summed E-state index contributed by atoms with van der Waals surface area (Å²) in [6, 6.07) is -1.85. The minimum atomic E-state index is -3.79. The molecule has 2 atom stereocenters. The Kier molecular flexibility index (Phi) is 7.50. The molecule has 0 saturated carbocycles. The van der Waals surface area contributed by atoms with Crippen LogP contribution in [0, 0.1) is 10.1 Å². The first-order chi connectivity index (χ1) is 9.15. The molecular weight excluding hydrogens is 288 g/mol. The lowest BCUT2D eigenvalue weighted by Crippen LogP contribution is -2.29. The zero-order valence-corrected chi connectivity index (χ0v) is 12.7. The number of hydrogen-bond donors (Lipinski definition) is 2. The van der Waals surface area contributed by atoms with Gasteiger partial charge in [-0.05, 0) is 6.42 Å². The Morgan fingerprint density at radius 3 is 2.45 bits per heavy atom. The highest BCUT2D eigenvalue weighted by atomic mass is 32.2. The standard InChI is InChI=1S/C10H20N4O5S/c1-5-9(8(2)14(16)17)6-10(12-15)7-11-20(18,19)13(3)4/h6-8,10,12,15H,5H2,1-4H3. The zero-order valence-electron chi connectivity index (χ0n) is 11.8. The monoisotopic (exact) mass is 308 g/mol. The third kappa shape index (κ3) is 5.74. The van der Waals surface area contributed by atoms with Gasteiger partial charge in [-0.25, -0.2) is 0 Å². The molecule has 0 heterocycles. The maximum atomic E-state index is 11.4. The molecule has 2 N–H and O–H groups in total. The van der Waals surface area contributed by atoms with Crippen LogP contribution in [0.3, 0.4) is 0 Å². The summed E-state index contributed by atoms with van der Waals surface area (Å²) in [6.07, 6.45) is 2.74. The third-order valence-electron chi connectivity index (χ3n) is 2.62. The van der Waals surface area contributed by atoms with E-state index in [-0.39, 0.29) is 0 Å². The molecule has 0 fully saturated rings. The summed E-state index contributed by atoms with van der Waals surface area (Å²) < 4.78 is 27.1. The van der Waals surface area contributed by atoms with Gasteiger partial charge in [-0.1, -0.05) is 13.0 Å².